The number of carbonyl (C=O) groups is 1. The molecule has 2 aromatic heterocycles. The minimum atomic E-state index is -0.235. The van der Waals surface area contributed by atoms with Crippen molar-refractivity contribution in [3.8, 4) is 11.4 Å². The fraction of sp³-hybridized carbons (Fsp3) is 0.233. The third kappa shape index (κ3) is 5.48. The van der Waals surface area contributed by atoms with Crippen molar-refractivity contribution in [3.63, 3.8) is 0 Å². The Morgan fingerprint density at radius 3 is 2.54 bits per heavy atom. The second kappa shape index (κ2) is 11.5. The Balaban J connectivity index is 1.57. The van der Waals surface area contributed by atoms with Crippen molar-refractivity contribution in [2.45, 2.75) is 32.9 Å². The van der Waals surface area contributed by atoms with E-state index in [2.05, 4.69) is 31.2 Å². The summed E-state index contributed by atoms with van der Waals surface area (Å²) < 4.78 is 7.79. The van der Waals surface area contributed by atoms with Gasteiger partial charge < -0.3 is 24.8 Å². The fourth-order valence-electron chi connectivity index (χ4n) is 4.71. The third-order valence-corrected chi connectivity index (χ3v) is 7.25. The van der Waals surface area contributed by atoms with Crippen molar-refractivity contribution in [3.05, 3.63) is 102 Å². The van der Waals surface area contributed by atoms with E-state index in [0.29, 0.717) is 22.4 Å². The lowest BCUT2D eigenvalue weighted by atomic mass is 10.0. The van der Waals surface area contributed by atoms with E-state index in [0.717, 1.165) is 28.5 Å². The number of benzene rings is 2. The van der Waals surface area contributed by atoms with Gasteiger partial charge in [-0.1, -0.05) is 31.5 Å². The fourth-order valence-corrected chi connectivity index (χ4v) is 5.27. The van der Waals surface area contributed by atoms with Crippen LogP contribution in [0.15, 0.2) is 85.2 Å². The van der Waals surface area contributed by atoms with E-state index in [1.807, 2.05) is 93.7 Å². The van der Waals surface area contributed by atoms with Gasteiger partial charge in [0.15, 0.2) is 5.11 Å². The average molecular weight is 560 g/mol. The molecular formula is C30H30ClN5O2S. The van der Waals surface area contributed by atoms with Crippen LogP contribution >= 0.6 is 23.8 Å². The summed E-state index contributed by atoms with van der Waals surface area (Å²) in [6, 6.07) is 23.1. The minimum absolute atomic E-state index is 0.0933. The summed E-state index contributed by atoms with van der Waals surface area (Å²) in [7, 11) is 0. The number of nitrogens with zero attached hydrogens (tertiary/aromatic N) is 3. The number of anilines is 2. The van der Waals surface area contributed by atoms with Gasteiger partial charge in [-0.15, -0.1) is 0 Å². The maximum atomic E-state index is 12.3. The van der Waals surface area contributed by atoms with Gasteiger partial charge in [0, 0.05) is 35.4 Å². The number of halogens is 1. The number of nitrogens with one attached hydrogen (secondary N) is 2. The molecule has 0 saturated carbocycles. The molecule has 3 heterocycles. The van der Waals surface area contributed by atoms with Gasteiger partial charge in [0.2, 0.25) is 5.91 Å². The standard InChI is InChI=1S/C30H30ClN5O2S/c1-4-38-22-13-10-20(11-14-22)35-17-7-9-26(35)28-27(25-8-5-6-16-32-25)34-30(39)36(28)21-12-15-24(23(31)18-21)33-29(37)19(2)3/h5-19,27-28H,4H2,1-3H3,(H,33,37)(H,34,39)/t27-,28+/m1/s1. The summed E-state index contributed by atoms with van der Waals surface area (Å²) in [6.45, 7) is 6.27. The maximum Gasteiger partial charge on any atom is 0.226 e. The minimum Gasteiger partial charge on any atom is -0.494 e. The lowest BCUT2D eigenvalue weighted by Crippen LogP contribution is -2.30. The Kier molecular flexibility index (Phi) is 7.86. The van der Waals surface area contributed by atoms with Crippen molar-refractivity contribution in [2.75, 3.05) is 16.8 Å². The lowest BCUT2D eigenvalue weighted by Gasteiger charge is -2.29. The van der Waals surface area contributed by atoms with Crippen molar-refractivity contribution >= 4 is 46.2 Å². The Labute approximate surface area is 238 Å². The number of pyridine rings is 1. The van der Waals surface area contributed by atoms with E-state index in [9.17, 15) is 4.79 Å². The number of carbonyl (C=O) groups excluding carboxylic acids is 1. The molecule has 1 amide bonds. The molecule has 2 atom stereocenters. The predicted molar refractivity (Wildman–Crippen MR) is 160 cm³/mol. The SMILES string of the molecule is CCOc1ccc(-n2cccc2[C@H]2[C@@H](c3ccccn3)NC(=S)N2c2ccc(NC(=O)C(C)C)c(Cl)c2)cc1. The number of hydrogen-bond donors (Lipinski definition) is 2. The molecule has 7 nitrogen and oxygen atoms in total. The first-order valence-corrected chi connectivity index (χ1v) is 13.7. The Bertz CT molecular complexity index is 1470. The number of amides is 1. The maximum absolute atomic E-state index is 12.3. The zero-order chi connectivity index (χ0) is 27.5. The molecule has 1 saturated heterocycles. The quantitative estimate of drug-likeness (QED) is 0.234. The van der Waals surface area contributed by atoms with Crippen LogP contribution in [-0.4, -0.2) is 27.2 Å². The summed E-state index contributed by atoms with van der Waals surface area (Å²) in [5.74, 6) is 0.574. The first kappa shape index (κ1) is 26.7. The molecule has 0 spiro atoms. The highest BCUT2D eigenvalue weighted by molar-refractivity contribution is 7.80. The van der Waals surface area contributed by atoms with Gasteiger partial charge in [-0.25, -0.2) is 0 Å². The normalized spacial score (nSPS) is 16.8. The van der Waals surface area contributed by atoms with Gasteiger partial charge in [0.25, 0.3) is 0 Å². The van der Waals surface area contributed by atoms with Crippen LogP contribution in [0.2, 0.25) is 5.02 Å². The summed E-state index contributed by atoms with van der Waals surface area (Å²) >= 11 is 12.5. The zero-order valence-corrected chi connectivity index (χ0v) is 23.5. The van der Waals surface area contributed by atoms with E-state index in [4.69, 9.17) is 28.6 Å². The molecule has 0 aliphatic carbocycles. The first-order valence-electron chi connectivity index (χ1n) is 12.9. The molecule has 9 heteroatoms. The topological polar surface area (TPSA) is 71.4 Å². The highest BCUT2D eigenvalue weighted by Gasteiger charge is 2.42. The van der Waals surface area contributed by atoms with Crippen LogP contribution in [0.3, 0.4) is 0 Å². The molecular weight excluding hydrogens is 530 g/mol. The van der Waals surface area contributed by atoms with Gasteiger partial charge in [-0.05, 0) is 85.9 Å². The van der Waals surface area contributed by atoms with Crippen LogP contribution in [0.4, 0.5) is 11.4 Å². The van der Waals surface area contributed by atoms with Crippen molar-refractivity contribution < 1.29 is 9.53 Å². The van der Waals surface area contributed by atoms with Crippen molar-refractivity contribution in [2.24, 2.45) is 5.92 Å². The smallest absolute Gasteiger partial charge is 0.226 e. The van der Waals surface area contributed by atoms with E-state index in [-0.39, 0.29) is 23.9 Å². The number of hydrogen-bond acceptors (Lipinski definition) is 4. The molecule has 200 valence electrons. The molecule has 1 aliphatic rings. The molecule has 0 radical (unpaired) electrons. The molecule has 2 aromatic carbocycles. The number of thiocarbonyl (C=S) groups is 1. The van der Waals surface area contributed by atoms with Crippen LogP contribution < -0.4 is 20.3 Å². The third-order valence-electron chi connectivity index (χ3n) is 6.62. The Hall–Kier alpha value is -3.88. The second-order valence-corrected chi connectivity index (χ2v) is 10.3. The van der Waals surface area contributed by atoms with Crippen LogP contribution in [0.5, 0.6) is 5.75 Å². The first-order chi connectivity index (χ1) is 18.9. The molecule has 2 N–H and O–H groups in total. The van der Waals surface area contributed by atoms with Crippen LogP contribution in [0.25, 0.3) is 5.69 Å². The van der Waals surface area contributed by atoms with Gasteiger partial charge in [0.1, 0.15) is 11.8 Å². The van der Waals surface area contributed by atoms with Gasteiger partial charge in [-0.3, -0.25) is 9.78 Å². The van der Waals surface area contributed by atoms with Gasteiger partial charge in [-0.2, -0.15) is 0 Å². The zero-order valence-electron chi connectivity index (χ0n) is 22.0. The summed E-state index contributed by atoms with van der Waals surface area (Å²) in [5.41, 5.74) is 4.27. The molecule has 0 bridgehead atoms. The number of aromatic nitrogens is 2. The average Bonchev–Trinajstić information content (AvgIpc) is 3.55. The molecule has 4 aromatic rings. The number of rotatable bonds is 8. The monoisotopic (exact) mass is 559 g/mol. The van der Waals surface area contributed by atoms with Gasteiger partial charge >= 0.3 is 0 Å². The molecule has 1 aliphatic heterocycles. The predicted octanol–water partition coefficient (Wildman–Crippen LogP) is 6.70. The second-order valence-electron chi connectivity index (χ2n) is 9.53. The van der Waals surface area contributed by atoms with Crippen molar-refractivity contribution in [1.29, 1.82) is 0 Å². The van der Waals surface area contributed by atoms with E-state index < -0.39 is 0 Å². The Morgan fingerprint density at radius 2 is 1.87 bits per heavy atom. The van der Waals surface area contributed by atoms with Crippen LogP contribution in [-0.2, 0) is 4.79 Å². The van der Waals surface area contributed by atoms with Gasteiger partial charge in [0.05, 0.1) is 29.1 Å². The summed E-state index contributed by atoms with van der Waals surface area (Å²) in [5, 5.41) is 7.38. The van der Waals surface area contributed by atoms with E-state index in [1.54, 1.807) is 6.20 Å². The van der Waals surface area contributed by atoms with E-state index >= 15 is 0 Å². The highest BCUT2D eigenvalue weighted by Crippen LogP contribution is 2.43. The molecule has 1 fully saturated rings. The highest BCUT2D eigenvalue weighted by atomic mass is 35.5. The Morgan fingerprint density at radius 1 is 1.10 bits per heavy atom. The largest absolute Gasteiger partial charge is 0.494 e. The lowest BCUT2D eigenvalue weighted by molar-refractivity contribution is -0.118. The number of ether oxygens (including phenoxy) is 1. The van der Waals surface area contributed by atoms with Crippen molar-refractivity contribution in [1.82, 2.24) is 14.9 Å². The summed E-state index contributed by atoms with van der Waals surface area (Å²) in [6.07, 6.45) is 3.83. The molecule has 39 heavy (non-hydrogen) atoms. The van der Waals surface area contributed by atoms with Crippen LogP contribution in [0, 0.1) is 5.92 Å². The van der Waals surface area contributed by atoms with E-state index in [1.165, 1.54) is 0 Å². The van der Waals surface area contributed by atoms with Crippen LogP contribution in [0.1, 0.15) is 44.2 Å². The molecule has 0 unspecified atom stereocenters. The summed E-state index contributed by atoms with van der Waals surface area (Å²) in [4.78, 5) is 19.0. The molecule has 5 rings (SSSR count).